The van der Waals surface area contributed by atoms with E-state index in [-0.39, 0.29) is 12.5 Å². The number of methoxy groups -OCH3 is 1. The number of carbonyl (C=O) groups excluding carboxylic acids is 1. The first-order valence-electron chi connectivity index (χ1n) is 4.86. The van der Waals surface area contributed by atoms with Gasteiger partial charge in [0.25, 0.3) is 0 Å². The lowest BCUT2D eigenvalue weighted by Crippen LogP contribution is -2.30. The molecule has 4 heteroatoms. The second-order valence-electron chi connectivity index (χ2n) is 3.01. The molecule has 1 aromatic carbocycles. The lowest BCUT2D eigenvalue weighted by molar-refractivity contribution is -0.119. The van der Waals surface area contributed by atoms with E-state index in [4.69, 9.17) is 10.5 Å². The fourth-order valence-electron chi connectivity index (χ4n) is 1.04. The second kappa shape index (κ2) is 6.49. The van der Waals surface area contributed by atoms with Crippen LogP contribution < -0.4 is 15.8 Å². The lowest BCUT2D eigenvalue weighted by atomic mass is 10.2. The Kier molecular flexibility index (Phi) is 4.90. The number of hydrogen-bond acceptors (Lipinski definition) is 3. The first-order chi connectivity index (χ1) is 7.76. The molecule has 1 amide bonds. The van der Waals surface area contributed by atoms with Gasteiger partial charge in [0.15, 0.2) is 0 Å². The highest BCUT2D eigenvalue weighted by Gasteiger charge is 1.92. The Bertz CT molecular complexity index is 401. The maximum atomic E-state index is 10.8. The summed E-state index contributed by atoms with van der Waals surface area (Å²) in [7, 11) is 1.61. The van der Waals surface area contributed by atoms with E-state index < -0.39 is 0 Å². The van der Waals surface area contributed by atoms with Crippen LogP contribution >= 0.6 is 0 Å². The van der Waals surface area contributed by atoms with E-state index in [1.807, 2.05) is 24.3 Å². The molecule has 4 nitrogen and oxygen atoms in total. The third kappa shape index (κ3) is 4.03. The first-order valence-corrected chi connectivity index (χ1v) is 4.86. The normalized spacial score (nSPS) is 8.88. The molecule has 0 saturated carbocycles. The second-order valence-corrected chi connectivity index (χ2v) is 3.01. The zero-order valence-electron chi connectivity index (χ0n) is 9.12. The minimum atomic E-state index is -0.205. The Morgan fingerprint density at radius 3 is 2.69 bits per heavy atom. The van der Waals surface area contributed by atoms with Crippen LogP contribution in [0.1, 0.15) is 5.56 Å². The van der Waals surface area contributed by atoms with Crippen LogP contribution in [-0.4, -0.2) is 26.1 Å². The average molecular weight is 218 g/mol. The fourth-order valence-corrected chi connectivity index (χ4v) is 1.04. The smallest absolute Gasteiger partial charge is 0.234 e. The summed E-state index contributed by atoms with van der Waals surface area (Å²) in [6, 6.07) is 7.39. The number of amides is 1. The average Bonchev–Trinajstić information content (AvgIpc) is 2.35. The van der Waals surface area contributed by atoms with Crippen LogP contribution in [0.3, 0.4) is 0 Å². The Morgan fingerprint density at radius 2 is 2.12 bits per heavy atom. The van der Waals surface area contributed by atoms with Crippen LogP contribution in [0.4, 0.5) is 0 Å². The minimum Gasteiger partial charge on any atom is -0.497 e. The van der Waals surface area contributed by atoms with E-state index in [0.717, 1.165) is 11.3 Å². The molecule has 0 aliphatic rings. The van der Waals surface area contributed by atoms with Gasteiger partial charge in [0.05, 0.1) is 20.2 Å². The van der Waals surface area contributed by atoms with E-state index >= 15 is 0 Å². The van der Waals surface area contributed by atoms with E-state index in [0.29, 0.717) is 6.54 Å². The van der Waals surface area contributed by atoms with Crippen molar-refractivity contribution in [3.63, 3.8) is 0 Å². The summed E-state index contributed by atoms with van der Waals surface area (Å²) in [6.07, 6.45) is 0. The summed E-state index contributed by atoms with van der Waals surface area (Å²) in [4.78, 5) is 10.8. The van der Waals surface area contributed by atoms with Crippen molar-refractivity contribution < 1.29 is 9.53 Å². The molecule has 0 radical (unpaired) electrons. The lowest BCUT2D eigenvalue weighted by Gasteiger charge is -1.98. The highest BCUT2D eigenvalue weighted by Crippen LogP contribution is 2.09. The van der Waals surface area contributed by atoms with Gasteiger partial charge in [0, 0.05) is 5.56 Å². The molecule has 16 heavy (non-hydrogen) atoms. The molecular weight excluding hydrogens is 204 g/mol. The molecule has 84 valence electrons. The summed E-state index contributed by atoms with van der Waals surface area (Å²) in [6.45, 7) is 0.298. The zero-order chi connectivity index (χ0) is 11.8. The number of ether oxygens (including phenoxy) is 1. The molecule has 1 aromatic rings. The van der Waals surface area contributed by atoms with Crippen LogP contribution in [0, 0.1) is 11.8 Å². The maximum Gasteiger partial charge on any atom is 0.234 e. The minimum absolute atomic E-state index is 0.00971. The molecule has 0 saturated heterocycles. The summed E-state index contributed by atoms with van der Waals surface area (Å²) in [5, 5.41) is 2.56. The van der Waals surface area contributed by atoms with Crippen LogP contribution in [0.25, 0.3) is 0 Å². The Morgan fingerprint density at radius 1 is 1.44 bits per heavy atom. The van der Waals surface area contributed by atoms with Gasteiger partial charge < -0.3 is 15.8 Å². The molecule has 3 N–H and O–H groups in total. The van der Waals surface area contributed by atoms with E-state index in [1.165, 1.54) is 0 Å². The largest absolute Gasteiger partial charge is 0.497 e. The van der Waals surface area contributed by atoms with Gasteiger partial charge in [-0.1, -0.05) is 11.8 Å². The third-order valence-electron chi connectivity index (χ3n) is 1.88. The SMILES string of the molecule is COc1ccc(C#CCNC(=O)CN)cc1. The molecule has 1 rings (SSSR count). The monoisotopic (exact) mass is 218 g/mol. The van der Waals surface area contributed by atoms with Crippen molar-refractivity contribution in [1.29, 1.82) is 0 Å². The zero-order valence-corrected chi connectivity index (χ0v) is 9.12. The van der Waals surface area contributed by atoms with Crippen LogP contribution in [0.5, 0.6) is 5.75 Å². The molecule has 0 spiro atoms. The standard InChI is InChI=1S/C12H14N2O2/c1-16-11-6-4-10(5-7-11)3-2-8-14-12(15)9-13/h4-7H,8-9,13H2,1H3,(H,14,15). The molecule has 0 heterocycles. The first kappa shape index (κ1) is 12.1. The number of benzene rings is 1. The van der Waals surface area contributed by atoms with Gasteiger partial charge in [-0.05, 0) is 24.3 Å². The van der Waals surface area contributed by atoms with Crippen molar-refractivity contribution in [2.24, 2.45) is 5.73 Å². The number of carbonyl (C=O) groups is 1. The molecule has 0 aliphatic heterocycles. The Labute approximate surface area is 94.8 Å². The maximum absolute atomic E-state index is 10.8. The third-order valence-corrected chi connectivity index (χ3v) is 1.88. The van der Waals surface area contributed by atoms with Gasteiger partial charge in [-0.2, -0.15) is 0 Å². The molecule has 0 aliphatic carbocycles. The van der Waals surface area contributed by atoms with Crippen molar-refractivity contribution in [3.8, 4) is 17.6 Å². The molecule has 0 bridgehead atoms. The van der Waals surface area contributed by atoms with Crippen molar-refractivity contribution >= 4 is 5.91 Å². The fraction of sp³-hybridized carbons (Fsp3) is 0.250. The summed E-state index contributed by atoms with van der Waals surface area (Å²) in [5.74, 6) is 6.33. The molecule has 0 unspecified atom stereocenters. The van der Waals surface area contributed by atoms with Gasteiger partial charge in [0.2, 0.25) is 5.91 Å². The molecule has 0 aromatic heterocycles. The van der Waals surface area contributed by atoms with E-state index in [1.54, 1.807) is 7.11 Å². The van der Waals surface area contributed by atoms with E-state index in [9.17, 15) is 4.79 Å². The predicted octanol–water partition coefficient (Wildman–Crippen LogP) is 0.122. The number of hydrogen-bond donors (Lipinski definition) is 2. The predicted molar refractivity (Wildman–Crippen MR) is 61.9 cm³/mol. The highest BCUT2D eigenvalue weighted by atomic mass is 16.5. The number of nitrogens with one attached hydrogen (secondary N) is 1. The Balaban J connectivity index is 2.47. The molecule has 0 atom stereocenters. The van der Waals surface area contributed by atoms with Crippen molar-refractivity contribution in [1.82, 2.24) is 5.32 Å². The summed E-state index contributed by atoms with van der Waals surface area (Å²) in [5.41, 5.74) is 6.00. The topological polar surface area (TPSA) is 64.3 Å². The Hall–Kier alpha value is -1.99. The van der Waals surface area contributed by atoms with Crippen molar-refractivity contribution in [2.75, 3.05) is 20.2 Å². The van der Waals surface area contributed by atoms with Crippen LogP contribution in [0.15, 0.2) is 24.3 Å². The van der Waals surface area contributed by atoms with Crippen LogP contribution in [-0.2, 0) is 4.79 Å². The van der Waals surface area contributed by atoms with Gasteiger partial charge in [-0.25, -0.2) is 0 Å². The highest BCUT2D eigenvalue weighted by molar-refractivity contribution is 5.77. The van der Waals surface area contributed by atoms with E-state index in [2.05, 4.69) is 17.2 Å². The van der Waals surface area contributed by atoms with Crippen molar-refractivity contribution in [2.45, 2.75) is 0 Å². The van der Waals surface area contributed by atoms with Gasteiger partial charge in [0.1, 0.15) is 5.75 Å². The van der Waals surface area contributed by atoms with Crippen molar-refractivity contribution in [3.05, 3.63) is 29.8 Å². The number of nitrogens with two attached hydrogens (primary N) is 1. The van der Waals surface area contributed by atoms with Gasteiger partial charge in [-0.15, -0.1) is 0 Å². The quantitative estimate of drug-likeness (QED) is 0.708. The van der Waals surface area contributed by atoms with Gasteiger partial charge in [-0.3, -0.25) is 4.79 Å². The molecular formula is C12H14N2O2. The summed E-state index contributed by atoms with van der Waals surface area (Å²) >= 11 is 0. The summed E-state index contributed by atoms with van der Waals surface area (Å²) < 4.78 is 5.02. The van der Waals surface area contributed by atoms with Crippen LogP contribution in [0.2, 0.25) is 0 Å². The molecule has 0 fully saturated rings. The van der Waals surface area contributed by atoms with Gasteiger partial charge >= 0.3 is 0 Å². The number of rotatable bonds is 3.